The van der Waals surface area contributed by atoms with Gasteiger partial charge < -0.3 is 10.8 Å². The normalized spacial score (nSPS) is 11.7. The van der Waals surface area contributed by atoms with E-state index >= 15 is 0 Å². The Balaban J connectivity index is 3.14. The largest absolute Gasteiger partial charge is 0.502 e. The molecule has 0 spiro atoms. The minimum absolute atomic E-state index is 0.343. The van der Waals surface area contributed by atoms with Crippen LogP contribution in [-0.2, 0) is 0 Å². The number of nitrogens with two attached hydrogens (primary N) is 1. The smallest absolute Gasteiger partial charge is 0.310 e. The van der Waals surface area contributed by atoms with Gasteiger partial charge in [-0.1, -0.05) is 0 Å². The molecule has 0 bridgehead atoms. The van der Waals surface area contributed by atoms with Crippen molar-refractivity contribution in [1.29, 1.82) is 5.26 Å². The molecule has 72 valence electrons. The number of aromatic hydroxyl groups is 1. The Morgan fingerprint density at radius 3 is 2.71 bits per heavy atom. The van der Waals surface area contributed by atoms with Gasteiger partial charge in [0.15, 0.2) is 5.75 Å². The highest BCUT2D eigenvalue weighted by Crippen LogP contribution is 2.27. The number of phenols is 1. The van der Waals surface area contributed by atoms with E-state index in [9.17, 15) is 15.2 Å². The predicted molar refractivity (Wildman–Crippen MR) is 47.3 cm³/mol. The van der Waals surface area contributed by atoms with Crippen LogP contribution in [-0.4, -0.2) is 10.0 Å². The fourth-order valence-electron chi connectivity index (χ4n) is 0.963. The first kappa shape index (κ1) is 9.95. The molecule has 1 atom stereocenters. The Labute approximate surface area is 79.3 Å². The van der Waals surface area contributed by atoms with Crippen LogP contribution in [0.2, 0.25) is 0 Å². The fourth-order valence-corrected chi connectivity index (χ4v) is 0.963. The van der Waals surface area contributed by atoms with Crippen LogP contribution in [0.1, 0.15) is 11.6 Å². The summed E-state index contributed by atoms with van der Waals surface area (Å²) >= 11 is 0. The lowest BCUT2D eigenvalue weighted by Crippen LogP contribution is -2.06. The third-order valence-corrected chi connectivity index (χ3v) is 1.69. The molecule has 1 aromatic carbocycles. The van der Waals surface area contributed by atoms with E-state index < -0.39 is 22.4 Å². The third-order valence-electron chi connectivity index (χ3n) is 1.69. The Kier molecular flexibility index (Phi) is 2.65. The van der Waals surface area contributed by atoms with Crippen molar-refractivity contribution in [3.8, 4) is 11.8 Å². The lowest BCUT2D eigenvalue weighted by molar-refractivity contribution is -0.385. The van der Waals surface area contributed by atoms with Gasteiger partial charge in [-0.3, -0.25) is 10.1 Å². The molecule has 6 nitrogen and oxygen atoms in total. The summed E-state index contributed by atoms with van der Waals surface area (Å²) in [6, 6.07) is 4.44. The maximum absolute atomic E-state index is 10.3. The van der Waals surface area contributed by atoms with Crippen molar-refractivity contribution in [2.45, 2.75) is 6.04 Å². The first-order chi connectivity index (χ1) is 6.56. The molecule has 0 aliphatic heterocycles. The summed E-state index contributed by atoms with van der Waals surface area (Å²) in [6.07, 6.45) is 0. The van der Waals surface area contributed by atoms with Gasteiger partial charge in [0.25, 0.3) is 0 Å². The zero-order valence-corrected chi connectivity index (χ0v) is 7.04. The van der Waals surface area contributed by atoms with Crippen molar-refractivity contribution in [2.24, 2.45) is 5.73 Å². The average molecular weight is 193 g/mol. The van der Waals surface area contributed by atoms with E-state index in [0.29, 0.717) is 5.56 Å². The van der Waals surface area contributed by atoms with Crippen molar-refractivity contribution in [1.82, 2.24) is 0 Å². The number of nitrogens with zero attached hydrogens (tertiary/aromatic N) is 2. The number of hydrogen-bond donors (Lipinski definition) is 2. The van der Waals surface area contributed by atoms with E-state index in [4.69, 9.17) is 11.0 Å². The van der Waals surface area contributed by atoms with E-state index in [-0.39, 0.29) is 0 Å². The average Bonchev–Trinajstić information content (AvgIpc) is 2.15. The van der Waals surface area contributed by atoms with Crippen molar-refractivity contribution < 1.29 is 10.0 Å². The van der Waals surface area contributed by atoms with Gasteiger partial charge in [-0.15, -0.1) is 0 Å². The Morgan fingerprint density at radius 2 is 2.29 bits per heavy atom. The minimum Gasteiger partial charge on any atom is -0.502 e. The SMILES string of the molecule is N#C[C@H](N)c1ccc([N+](=O)[O-])c(O)c1. The number of hydrogen-bond acceptors (Lipinski definition) is 5. The molecule has 3 N–H and O–H groups in total. The van der Waals surface area contributed by atoms with Crippen molar-refractivity contribution in [3.05, 3.63) is 33.9 Å². The van der Waals surface area contributed by atoms with Gasteiger partial charge in [-0.05, 0) is 17.7 Å². The topological polar surface area (TPSA) is 113 Å². The molecule has 0 amide bonds. The van der Waals surface area contributed by atoms with Gasteiger partial charge in [0.2, 0.25) is 0 Å². The monoisotopic (exact) mass is 193 g/mol. The Hall–Kier alpha value is -2.13. The van der Waals surface area contributed by atoms with E-state index in [2.05, 4.69) is 0 Å². The molecule has 14 heavy (non-hydrogen) atoms. The van der Waals surface area contributed by atoms with Gasteiger partial charge >= 0.3 is 5.69 Å². The summed E-state index contributed by atoms with van der Waals surface area (Å²) in [5.74, 6) is -0.488. The first-order valence-electron chi connectivity index (χ1n) is 3.68. The van der Waals surface area contributed by atoms with Crippen LogP contribution in [0.3, 0.4) is 0 Å². The zero-order chi connectivity index (χ0) is 10.7. The van der Waals surface area contributed by atoms with Crippen LogP contribution in [0.25, 0.3) is 0 Å². The van der Waals surface area contributed by atoms with E-state index in [0.717, 1.165) is 12.1 Å². The highest BCUT2D eigenvalue weighted by molar-refractivity contribution is 5.48. The number of nitro benzene ring substituents is 1. The Morgan fingerprint density at radius 1 is 1.64 bits per heavy atom. The summed E-state index contributed by atoms with van der Waals surface area (Å²) in [7, 11) is 0. The maximum Gasteiger partial charge on any atom is 0.310 e. The molecule has 0 saturated heterocycles. The van der Waals surface area contributed by atoms with Gasteiger partial charge in [0, 0.05) is 6.07 Å². The van der Waals surface area contributed by atoms with Crippen molar-refractivity contribution >= 4 is 5.69 Å². The molecule has 6 heteroatoms. The van der Waals surface area contributed by atoms with Crippen molar-refractivity contribution in [2.75, 3.05) is 0 Å². The number of nitriles is 1. The summed E-state index contributed by atoms with van der Waals surface area (Å²) in [5.41, 5.74) is 5.29. The standard InChI is InChI=1S/C8H7N3O3/c9-4-6(10)5-1-2-7(11(13)14)8(12)3-5/h1-3,6,12H,10H2/t6-/m0/s1. The second kappa shape index (κ2) is 3.72. The van der Waals surface area contributed by atoms with E-state index in [1.54, 1.807) is 6.07 Å². The molecule has 0 heterocycles. The minimum atomic E-state index is -0.887. The molecule has 0 saturated carbocycles. The molecule has 0 unspecified atom stereocenters. The number of phenolic OH excluding ortho intramolecular Hbond substituents is 1. The molecule has 1 aromatic rings. The number of nitro groups is 1. The summed E-state index contributed by atoms with van der Waals surface area (Å²) in [5, 5.41) is 28.0. The van der Waals surface area contributed by atoms with Crippen LogP contribution >= 0.6 is 0 Å². The highest BCUT2D eigenvalue weighted by atomic mass is 16.6. The molecule has 0 aliphatic rings. The summed E-state index contributed by atoms with van der Waals surface area (Å²) in [6.45, 7) is 0. The molecule has 0 radical (unpaired) electrons. The highest BCUT2D eigenvalue weighted by Gasteiger charge is 2.15. The molecule has 1 rings (SSSR count). The maximum atomic E-state index is 10.3. The number of benzene rings is 1. The summed E-state index contributed by atoms with van der Waals surface area (Å²) in [4.78, 5) is 9.61. The second-order valence-electron chi connectivity index (χ2n) is 2.61. The van der Waals surface area contributed by atoms with Crippen molar-refractivity contribution in [3.63, 3.8) is 0 Å². The van der Waals surface area contributed by atoms with Crippen LogP contribution in [0.15, 0.2) is 18.2 Å². The molecular weight excluding hydrogens is 186 g/mol. The van der Waals surface area contributed by atoms with E-state index in [1.807, 2.05) is 0 Å². The van der Waals surface area contributed by atoms with Crippen LogP contribution in [0.5, 0.6) is 5.75 Å². The third kappa shape index (κ3) is 1.78. The molecule has 0 fully saturated rings. The van der Waals surface area contributed by atoms with Crippen LogP contribution in [0.4, 0.5) is 5.69 Å². The van der Waals surface area contributed by atoms with Gasteiger partial charge in [-0.25, -0.2) is 0 Å². The second-order valence-corrected chi connectivity index (χ2v) is 2.61. The van der Waals surface area contributed by atoms with Crippen LogP contribution in [0, 0.1) is 21.4 Å². The van der Waals surface area contributed by atoms with Gasteiger partial charge in [0.05, 0.1) is 11.0 Å². The lowest BCUT2D eigenvalue weighted by atomic mass is 10.1. The predicted octanol–water partition coefficient (Wildman–Crippen LogP) is 0.824. The zero-order valence-electron chi connectivity index (χ0n) is 7.04. The first-order valence-corrected chi connectivity index (χ1v) is 3.68. The lowest BCUT2D eigenvalue weighted by Gasteiger charge is -2.03. The quantitative estimate of drug-likeness (QED) is 0.533. The molecule has 0 aromatic heterocycles. The number of rotatable bonds is 2. The Bertz CT molecular complexity index is 411. The van der Waals surface area contributed by atoms with Gasteiger partial charge in [-0.2, -0.15) is 5.26 Å². The molecule has 0 aliphatic carbocycles. The fraction of sp³-hybridized carbons (Fsp3) is 0.125. The van der Waals surface area contributed by atoms with Gasteiger partial charge in [0.1, 0.15) is 6.04 Å². The molecular formula is C8H7N3O3. The summed E-state index contributed by atoms with van der Waals surface area (Å²) < 4.78 is 0. The van der Waals surface area contributed by atoms with E-state index in [1.165, 1.54) is 6.07 Å². The van der Waals surface area contributed by atoms with Crippen LogP contribution < -0.4 is 5.73 Å².